The van der Waals surface area contributed by atoms with Crippen molar-refractivity contribution >= 4 is 28.3 Å². The minimum atomic E-state index is -0.261. The third-order valence-electron chi connectivity index (χ3n) is 5.60. The number of carbonyl (C=O) groups is 2. The maximum atomic E-state index is 12.9. The monoisotopic (exact) mass is 387 g/mol. The van der Waals surface area contributed by atoms with Gasteiger partial charge in [-0.3, -0.25) is 14.5 Å². The number of nitrogens with zero attached hydrogens (tertiary/aromatic N) is 2. The lowest BCUT2D eigenvalue weighted by molar-refractivity contribution is -0.121. The molecule has 4 rings (SSSR count). The summed E-state index contributed by atoms with van der Waals surface area (Å²) in [7, 11) is 0. The van der Waals surface area contributed by atoms with Gasteiger partial charge in [-0.25, -0.2) is 0 Å². The van der Waals surface area contributed by atoms with Crippen LogP contribution in [0.4, 0.5) is 5.69 Å². The highest BCUT2D eigenvalue weighted by Crippen LogP contribution is 2.23. The molecule has 1 N–H and O–H groups in total. The van der Waals surface area contributed by atoms with Gasteiger partial charge in [0.15, 0.2) is 0 Å². The molecule has 0 unspecified atom stereocenters. The van der Waals surface area contributed by atoms with E-state index in [0.29, 0.717) is 31.7 Å². The summed E-state index contributed by atoms with van der Waals surface area (Å²) in [6.45, 7) is 4.54. The Balaban J connectivity index is 1.37. The van der Waals surface area contributed by atoms with E-state index in [-0.39, 0.29) is 17.9 Å². The third kappa shape index (κ3) is 4.15. The number of carbonyl (C=O) groups excluding carboxylic acids is 2. The van der Waals surface area contributed by atoms with E-state index in [1.165, 1.54) is 0 Å². The second-order valence-electron chi connectivity index (χ2n) is 7.39. The normalized spacial score (nSPS) is 15.8. The largest absolute Gasteiger partial charge is 0.336 e. The Morgan fingerprint density at radius 2 is 1.48 bits per heavy atom. The van der Waals surface area contributed by atoms with E-state index in [1.54, 1.807) is 0 Å². The molecule has 0 bridgehead atoms. The van der Waals surface area contributed by atoms with Crippen LogP contribution in [0.5, 0.6) is 0 Å². The van der Waals surface area contributed by atoms with Crippen molar-refractivity contribution in [1.29, 1.82) is 0 Å². The van der Waals surface area contributed by atoms with Crippen molar-refractivity contribution < 1.29 is 9.59 Å². The maximum absolute atomic E-state index is 12.9. The Morgan fingerprint density at radius 3 is 2.24 bits per heavy atom. The molecule has 5 nitrogen and oxygen atoms in total. The average molecular weight is 387 g/mol. The number of hydrogen-bond acceptors (Lipinski definition) is 3. The summed E-state index contributed by atoms with van der Waals surface area (Å²) in [6, 6.07) is 23.0. The molecular weight excluding hydrogens is 362 g/mol. The molecule has 3 aromatic carbocycles. The van der Waals surface area contributed by atoms with E-state index in [0.717, 1.165) is 16.5 Å². The first-order chi connectivity index (χ1) is 14.1. The van der Waals surface area contributed by atoms with E-state index >= 15 is 0 Å². The van der Waals surface area contributed by atoms with Gasteiger partial charge >= 0.3 is 0 Å². The molecule has 1 heterocycles. The molecule has 1 aliphatic heterocycles. The van der Waals surface area contributed by atoms with Crippen LogP contribution < -0.4 is 5.32 Å². The van der Waals surface area contributed by atoms with Gasteiger partial charge < -0.3 is 10.2 Å². The van der Waals surface area contributed by atoms with Crippen LogP contribution in [0, 0.1) is 0 Å². The van der Waals surface area contributed by atoms with Crippen LogP contribution in [-0.4, -0.2) is 53.8 Å². The quantitative estimate of drug-likeness (QED) is 0.744. The molecule has 0 spiro atoms. The van der Waals surface area contributed by atoms with Gasteiger partial charge in [-0.15, -0.1) is 0 Å². The zero-order valence-corrected chi connectivity index (χ0v) is 16.5. The van der Waals surface area contributed by atoms with Crippen LogP contribution in [0.25, 0.3) is 10.8 Å². The summed E-state index contributed by atoms with van der Waals surface area (Å²) >= 11 is 0. The number of hydrogen-bond donors (Lipinski definition) is 1. The van der Waals surface area contributed by atoms with Gasteiger partial charge in [0.2, 0.25) is 5.91 Å². The number of fused-ring (bicyclic) bond motifs is 1. The van der Waals surface area contributed by atoms with Crippen molar-refractivity contribution in [3.05, 3.63) is 78.4 Å². The summed E-state index contributed by atoms with van der Waals surface area (Å²) in [5, 5.41) is 5.22. The molecule has 0 saturated carbocycles. The van der Waals surface area contributed by atoms with Crippen molar-refractivity contribution in [2.75, 3.05) is 31.5 Å². The lowest BCUT2D eigenvalue weighted by Gasteiger charge is -2.37. The van der Waals surface area contributed by atoms with Crippen molar-refractivity contribution in [3.63, 3.8) is 0 Å². The van der Waals surface area contributed by atoms with Crippen LogP contribution in [0.2, 0.25) is 0 Å². The van der Waals surface area contributed by atoms with E-state index in [4.69, 9.17) is 0 Å². The summed E-state index contributed by atoms with van der Waals surface area (Å²) < 4.78 is 0. The van der Waals surface area contributed by atoms with Gasteiger partial charge in [0.05, 0.1) is 6.04 Å². The van der Waals surface area contributed by atoms with Crippen LogP contribution in [0.15, 0.2) is 72.8 Å². The third-order valence-corrected chi connectivity index (χ3v) is 5.60. The Kier molecular flexibility index (Phi) is 5.58. The first-order valence-corrected chi connectivity index (χ1v) is 10.0. The van der Waals surface area contributed by atoms with Crippen LogP contribution in [0.3, 0.4) is 0 Å². The van der Waals surface area contributed by atoms with Crippen molar-refractivity contribution in [3.8, 4) is 0 Å². The van der Waals surface area contributed by atoms with Crippen molar-refractivity contribution in [1.82, 2.24) is 9.80 Å². The molecule has 1 aliphatic rings. The number of amides is 2. The molecule has 2 amide bonds. The van der Waals surface area contributed by atoms with E-state index in [2.05, 4.69) is 10.2 Å². The second-order valence-corrected chi connectivity index (χ2v) is 7.39. The van der Waals surface area contributed by atoms with Crippen LogP contribution in [-0.2, 0) is 4.79 Å². The van der Waals surface area contributed by atoms with Crippen LogP contribution in [0.1, 0.15) is 17.3 Å². The van der Waals surface area contributed by atoms with Gasteiger partial charge in [0.1, 0.15) is 0 Å². The highest BCUT2D eigenvalue weighted by molar-refractivity contribution is 6.03. The summed E-state index contributed by atoms with van der Waals surface area (Å²) in [5.41, 5.74) is 1.54. The highest BCUT2D eigenvalue weighted by atomic mass is 16.2. The Labute approximate surface area is 170 Å². The number of rotatable bonds is 4. The van der Waals surface area contributed by atoms with E-state index < -0.39 is 0 Å². The molecule has 5 heteroatoms. The molecule has 0 aliphatic carbocycles. The SMILES string of the molecule is C[C@@H](C(=O)Nc1cccc2ccccc12)N1CCN(C(=O)c2ccccc2)CC1. The van der Waals surface area contributed by atoms with Gasteiger partial charge in [-0.1, -0.05) is 54.6 Å². The fraction of sp³-hybridized carbons (Fsp3) is 0.250. The Hall–Kier alpha value is -3.18. The molecule has 29 heavy (non-hydrogen) atoms. The van der Waals surface area contributed by atoms with Crippen molar-refractivity contribution in [2.24, 2.45) is 0 Å². The van der Waals surface area contributed by atoms with Gasteiger partial charge in [-0.2, -0.15) is 0 Å². The van der Waals surface area contributed by atoms with Crippen molar-refractivity contribution in [2.45, 2.75) is 13.0 Å². The van der Waals surface area contributed by atoms with Crippen LogP contribution >= 0.6 is 0 Å². The lowest BCUT2D eigenvalue weighted by Crippen LogP contribution is -2.54. The molecule has 148 valence electrons. The number of benzene rings is 3. The predicted octanol–water partition coefficient (Wildman–Crippen LogP) is 3.62. The topological polar surface area (TPSA) is 52.7 Å². The minimum Gasteiger partial charge on any atom is -0.336 e. The lowest BCUT2D eigenvalue weighted by atomic mass is 10.1. The predicted molar refractivity (Wildman–Crippen MR) is 116 cm³/mol. The molecular formula is C24H25N3O2. The summed E-state index contributed by atoms with van der Waals surface area (Å²) in [4.78, 5) is 29.5. The zero-order valence-electron chi connectivity index (χ0n) is 16.5. The number of anilines is 1. The van der Waals surface area contributed by atoms with Gasteiger partial charge in [0.25, 0.3) is 5.91 Å². The smallest absolute Gasteiger partial charge is 0.253 e. The molecule has 1 fully saturated rings. The average Bonchev–Trinajstić information content (AvgIpc) is 2.79. The Bertz CT molecular complexity index is 1010. The first-order valence-electron chi connectivity index (χ1n) is 10.0. The molecule has 1 saturated heterocycles. The first kappa shape index (κ1) is 19.2. The maximum Gasteiger partial charge on any atom is 0.253 e. The van der Waals surface area contributed by atoms with Gasteiger partial charge in [-0.05, 0) is 30.5 Å². The number of piperazine rings is 1. The standard InChI is InChI=1S/C24H25N3O2/c1-18(23(28)25-22-13-7-11-19-8-5-6-12-21(19)22)26-14-16-27(17-15-26)24(29)20-9-3-2-4-10-20/h2-13,18H,14-17H2,1H3,(H,25,28)/t18-/m0/s1. The second kappa shape index (κ2) is 8.45. The summed E-state index contributed by atoms with van der Waals surface area (Å²) in [6.07, 6.45) is 0. The molecule has 3 aromatic rings. The molecule has 0 radical (unpaired) electrons. The Morgan fingerprint density at radius 1 is 0.828 bits per heavy atom. The molecule has 0 aromatic heterocycles. The summed E-state index contributed by atoms with van der Waals surface area (Å²) in [5.74, 6) is 0.0299. The van der Waals surface area contributed by atoms with E-state index in [9.17, 15) is 9.59 Å². The molecule has 1 atom stereocenters. The minimum absolute atomic E-state index is 0.0239. The van der Waals surface area contributed by atoms with Gasteiger partial charge in [0, 0.05) is 42.8 Å². The fourth-order valence-electron chi connectivity index (χ4n) is 3.81. The van der Waals surface area contributed by atoms with E-state index in [1.807, 2.05) is 84.6 Å². The highest BCUT2D eigenvalue weighted by Gasteiger charge is 2.28. The zero-order chi connectivity index (χ0) is 20.2. The fourth-order valence-corrected chi connectivity index (χ4v) is 3.81. The number of nitrogens with one attached hydrogen (secondary N) is 1.